The molecule has 0 bridgehead atoms. The summed E-state index contributed by atoms with van der Waals surface area (Å²) < 4.78 is 0. The molecular weight excluding hydrogens is 398 g/mol. The Morgan fingerprint density at radius 3 is 2.47 bits per heavy atom. The maximum atomic E-state index is 13.0. The number of thiazole rings is 1. The minimum atomic E-state index is -0.0423. The van der Waals surface area contributed by atoms with Gasteiger partial charge in [-0.05, 0) is 31.2 Å². The van der Waals surface area contributed by atoms with Crippen LogP contribution in [0.15, 0.2) is 54.7 Å². The number of pyridine rings is 1. The topological polar surface area (TPSA) is 78.4 Å². The van der Waals surface area contributed by atoms with Crippen molar-refractivity contribution in [3.8, 4) is 10.7 Å². The minimum Gasteiger partial charge on any atom is -0.335 e. The van der Waals surface area contributed by atoms with Gasteiger partial charge in [-0.3, -0.25) is 19.5 Å². The number of hydrogen-bond donors (Lipinski definition) is 1. The molecule has 0 radical (unpaired) electrons. The second kappa shape index (κ2) is 9.15. The molecule has 1 aromatic carbocycles. The molecule has 3 aromatic rings. The molecule has 0 unspecified atom stereocenters. The number of piperazine rings is 1. The Kier molecular flexibility index (Phi) is 6.15. The average molecular weight is 422 g/mol. The van der Waals surface area contributed by atoms with E-state index in [0.717, 1.165) is 22.1 Å². The minimum absolute atomic E-state index is 0.000526. The van der Waals surface area contributed by atoms with Gasteiger partial charge in [-0.25, -0.2) is 4.98 Å². The number of nitrogens with zero attached hydrogens (tertiary/aromatic N) is 4. The highest BCUT2D eigenvalue weighted by molar-refractivity contribution is 7.17. The standard InChI is InChI=1S/C22H23N5O2S/c1-16-20(30-21(24-16)18-9-5-6-10-23-18)22(29)27-13-11-26(12-14-27)15-19(28)25-17-7-3-2-4-8-17/h2-10H,11-15H2,1H3,(H,25,28). The molecule has 1 aliphatic heterocycles. The molecule has 2 amide bonds. The molecule has 154 valence electrons. The van der Waals surface area contributed by atoms with Gasteiger partial charge in [-0.2, -0.15) is 0 Å². The van der Waals surface area contributed by atoms with Crippen molar-refractivity contribution in [2.45, 2.75) is 6.92 Å². The van der Waals surface area contributed by atoms with Gasteiger partial charge in [0.05, 0.1) is 17.9 Å². The van der Waals surface area contributed by atoms with Crippen LogP contribution in [0, 0.1) is 6.92 Å². The second-order valence-electron chi connectivity index (χ2n) is 7.13. The van der Waals surface area contributed by atoms with Crippen LogP contribution in [-0.4, -0.2) is 64.3 Å². The largest absolute Gasteiger partial charge is 0.335 e. The maximum absolute atomic E-state index is 13.0. The molecule has 1 N–H and O–H groups in total. The third-order valence-electron chi connectivity index (χ3n) is 4.96. The van der Waals surface area contributed by atoms with Crippen molar-refractivity contribution in [3.63, 3.8) is 0 Å². The molecule has 3 heterocycles. The van der Waals surface area contributed by atoms with Gasteiger partial charge in [0, 0.05) is 38.1 Å². The molecule has 1 fully saturated rings. The van der Waals surface area contributed by atoms with Crippen LogP contribution in [0.4, 0.5) is 5.69 Å². The lowest BCUT2D eigenvalue weighted by Crippen LogP contribution is -2.50. The molecule has 1 saturated heterocycles. The van der Waals surface area contributed by atoms with Gasteiger partial charge in [0.25, 0.3) is 5.91 Å². The third-order valence-corrected chi connectivity index (χ3v) is 6.13. The first-order chi connectivity index (χ1) is 14.6. The van der Waals surface area contributed by atoms with Gasteiger partial charge in [-0.15, -0.1) is 11.3 Å². The number of carbonyl (C=O) groups is 2. The number of amides is 2. The molecule has 0 saturated carbocycles. The molecule has 2 aromatic heterocycles. The summed E-state index contributed by atoms with van der Waals surface area (Å²) in [5, 5.41) is 3.66. The van der Waals surface area contributed by atoms with Gasteiger partial charge >= 0.3 is 0 Å². The highest BCUT2D eigenvalue weighted by atomic mass is 32.1. The van der Waals surface area contributed by atoms with Crippen LogP contribution in [0.2, 0.25) is 0 Å². The van der Waals surface area contributed by atoms with Gasteiger partial charge < -0.3 is 10.2 Å². The quantitative estimate of drug-likeness (QED) is 0.685. The molecule has 0 aliphatic carbocycles. The van der Waals surface area contributed by atoms with E-state index in [4.69, 9.17) is 0 Å². The fraction of sp³-hybridized carbons (Fsp3) is 0.273. The summed E-state index contributed by atoms with van der Waals surface area (Å²) in [7, 11) is 0. The lowest BCUT2D eigenvalue weighted by atomic mass is 10.2. The first-order valence-corrected chi connectivity index (χ1v) is 10.7. The molecule has 30 heavy (non-hydrogen) atoms. The monoisotopic (exact) mass is 421 g/mol. The summed E-state index contributed by atoms with van der Waals surface area (Å²) in [6.45, 7) is 4.69. The lowest BCUT2D eigenvalue weighted by molar-refractivity contribution is -0.117. The van der Waals surface area contributed by atoms with Crippen molar-refractivity contribution in [2.75, 3.05) is 38.0 Å². The molecule has 0 spiro atoms. The molecule has 8 heteroatoms. The Bertz CT molecular complexity index is 1010. The van der Waals surface area contributed by atoms with Crippen molar-refractivity contribution in [1.29, 1.82) is 0 Å². The third kappa shape index (κ3) is 4.72. The number of hydrogen-bond acceptors (Lipinski definition) is 6. The number of anilines is 1. The van der Waals surface area contributed by atoms with Gasteiger partial charge in [0.2, 0.25) is 5.91 Å². The van der Waals surface area contributed by atoms with Crippen molar-refractivity contribution in [2.24, 2.45) is 0 Å². The highest BCUT2D eigenvalue weighted by Crippen LogP contribution is 2.27. The van der Waals surface area contributed by atoms with E-state index in [1.54, 1.807) is 6.20 Å². The zero-order valence-electron chi connectivity index (χ0n) is 16.7. The van der Waals surface area contributed by atoms with E-state index < -0.39 is 0 Å². The van der Waals surface area contributed by atoms with E-state index in [2.05, 4.69) is 20.2 Å². The van der Waals surface area contributed by atoms with Crippen LogP contribution in [0.1, 0.15) is 15.4 Å². The fourth-order valence-corrected chi connectivity index (χ4v) is 4.38. The Balaban J connectivity index is 1.32. The van der Waals surface area contributed by atoms with Crippen molar-refractivity contribution in [3.05, 3.63) is 65.3 Å². The average Bonchev–Trinajstić information content (AvgIpc) is 3.17. The highest BCUT2D eigenvalue weighted by Gasteiger charge is 2.26. The lowest BCUT2D eigenvalue weighted by Gasteiger charge is -2.34. The van der Waals surface area contributed by atoms with Crippen LogP contribution < -0.4 is 5.32 Å². The summed E-state index contributed by atoms with van der Waals surface area (Å²) >= 11 is 1.38. The number of para-hydroxylation sites is 1. The van der Waals surface area contributed by atoms with E-state index in [1.807, 2.05) is 60.4 Å². The van der Waals surface area contributed by atoms with Crippen LogP contribution in [0.5, 0.6) is 0 Å². The van der Waals surface area contributed by atoms with Crippen LogP contribution >= 0.6 is 11.3 Å². The second-order valence-corrected chi connectivity index (χ2v) is 8.13. The van der Waals surface area contributed by atoms with E-state index in [-0.39, 0.29) is 11.8 Å². The first kappa shape index (κ1) is 20.2. The zero-order chi connectivity index (χ0) is 20.9. The summed E-state index contributed by atoms with van der Waals surface area (Å²) in [6.07, 6.45) is 1.72. The number of nitrogens with one attached hydrogen (secondary N) is 1. The summed E-state index contributed by atoms with van der Waals surface area (Å²) in [6, 6.07) is 15.1. The summed E-state index contributed by atoms with van der Waals surface area (Å²) in [4.78, 5) is 38.7. The van der Waals surface area contributed by atoms with Crippen LogP contribution in [0.25, 0.3) is 10.7 Å². The molecular formula is C22H23N5O2S. The number of aryl methyl sites for hydroxylation is 1. The number of carbonyl (C=O) groups excluding carboxylic acids is 2. The van der Waals surface area contributed by atoms with Gasteiger partial charge in [0.15, 0.2) is 0 Å². The first-order valence-electron chi connectivity index (χ1n) is 9.85. The van der Waals surface area contributed by atoms with Crippen molar-refractivity contribution >= 4 is 28.8 Å². The van der Waals surface area contributed by atoms with Gasteiger partial charge in [-0.1, -0.05) is 24.3 Å². The summed E-state index contributed by atoms with van der Waals surface area (Å²) in [5.41, 5.74) is 2.30. The Morgan fingerprint density at radius 2 is 1.77 bits per heavy atom. The van der Waals surface area contributed by atoms with Crippen LogP contribution in [-0.2, 0) is 4.79 Å². The van der Waals surface area contributed by atoms with Crippen LogP contribution in [0.3, 0.4) is 0 Å². The smallest absolute Gasteiger partial charge is 0.265 e. The van der Waals surface area contributed by atoms with Gasteiger partial charge in [0.1, 0.15) is 9.88 Å². The predicted octanol–water partition coefficient (Wildman–Crippen LogP) is 2.91. The SMILES string of the molecule is Cc1nc(-c2ccccn2)sc1C(=O)N1CCN(CC(=O)Nc2ccccc2)CC1. The fourth-order valence-electron chi connectivity index (χ4n) is 3.37. The molecule has 4 rings (SSSR count). The number of rotatable bonds is 5. The van der Waals surface area contributed by atoms with E-state index >= 15 is 0 Å². The molecule has 7 nitrogen and oxygen atoms in total. The number of benzene rings is 1. The van der Waals surface area contributed by atoms with E-state index in [1.165, 1.54) is 11.3 Å². The summed E-state index contributed by atoms with van der Waals surface area (Å²) in [5.74, 6) is -0.0418. The maximum Gasteiger partial charge on any atom is 0.265 e. The Morgan fingerprint density at radius 1 is 1.03 bits per heavy atom. The Labute approximate surface area is 179 Å². The molecule has 1 aliphatic rings. The molecule has 0 atom stereocenters. The predicted molar refractivity (Wildman–Crippen MR) is 117 cm³/mol. The normalized spacial score (nSPS) is 14.5. The van der Waals surface area contributed by atoms with Crippen molar-refractivity contribution < 1.29 is 9.59 Å². The zero-order valence-corrected chi connectivity index (χ0v) is 17.6. The Hall–Kier alpha value is -3.10. The number of aromatic nitrogens is 2. The van der Waals surface area contributed by atoms with E-state index in [9.17, 15) is 9.59 Å². The van der Waals surface area contributed by atoms with E-state index in [0.29, 0.717) is 37.6 Å². The van der Waals surface area contributed by atoms with Crippen molar-refractivity contribution in [1.82, 2.24) is 19.8 Å².